The van der Waals surface area contributed by atoms with Crippen LogP contribution in [0.2, 0.25) is 0 Å². The number of carbonyl (C=O) groups is 2. The summed E-state index contributed by atoms with van der Waals surface area (Å²) in [5.41, 5.74) is 2.03. The van der Waals surface area contributed by atoms with Gasteiger partial charge in [0.2, 0.25) is 0 Å². The molecule has 2 heterocycles. The molecule has 3 rings (SSSR count). The van der Waals surface area contributed by atoms with Gasteiger partial charge in [-0.25, -0.2) is 4.79 Å². The van der Waals surface area contributed by atoms with Crippen molar-refractivity contribution in [1.29, 1.82) is 5.26 Å². The SMILES string of the molecule is Cn1cccc1C(=O)N1CCCC[C@@H]1CCOC(=O)c1ccc(CC#N)cc1. The van der Waals surface area contributed by atoms with Gasteiger partial charge in [0.25, 0.3) is 5.91 Å². The fraction of sp³-hybridized carbons (Fsp3) is 0.409. The Labute approximate surface area is 165 Å². The highest BCUT2D eigenvalue weighted by Crippen LogP contribution is 2.22. The predicted octanol–water partition coefficient (Wildman–Crippen LogP) is 3.33. The summed E-state index contributed by atoms with van der Waals surface area (Å²) in [6, 6.07) is 12.8. The summed E-state index contributed by atoms with van der Waals surface area (Å²) in [6.45, 7) is 1.02. The fourth-order valence-electron chi connectivity index (χ4n) is 3.62. The second kappa shape index (κ2) is 9.23. The quantitative estimate of drug-likeness (QED) is 0.722. The largest absolute Gasteiger partial charge is 0.462 e. The minimum Gasteiger partial charge on any atom is -0.462 e. The van der Waals surface area contributed by atoms with Gasteiger partial charge >= 0.3 is 5.97 Å². The highest BCUT2D eigenvalue weighted by Gasteiger charge is 2.28. The number of rotatable bonds is 6. The van der Waals surface area contributed by atoms with E-state index in [1.807, 2.05) is 34.8 Å². The molecule has 1 atom stereocenters. The lowest BCUT2D eigenvalue weighted by Gasteiger charge is -2.35. The average Bonchev–Trinajstić information content (AvgIpc) is 3.14. The van der Waals surface area contributed by atoms with Crippen LogP contribution >= 0.6 is 0 Å². The maximum Gasteiger partial charge on any atom is 0.338 e. The van der Waals surface area contributed by atoms with E-state index in [1.54, 1.807) is 24.3 Å². The third kappa shape index (κ3) is 4.61. The summed E-state index contributed by atoms with van der Waals surface area (Å²) < 4.78 is 7.26. The molecule has 1 aromatic carbocycles. The number of aromatic nitrogens is 1. The smallest absolute Gasteiger partial charge is 0.338 e. The highest BCUT2D eigenvalue weighted by molar-refractivity contribution is 5.93. The van der Waals surface area contributed by atoms with Gasteiger partial charge in [-0.05, 0) is 49.1 Å². The molecule has 0 N–H and O–H groups in total. The maximum absolute atomic E-state index is 12.9. The van der Waals surface area contributed by atoms with E-state index in [1.165, 1.54) is 0 Å². The van der Waals surface area contributed by atoms with Crippen LogP contribution in [0.15, 0.2) is 42.6 Å². The number of hydrogen-bond acceptors (Lipinski definition) is 4. The van der Waals surface area contributed by atoms with Gasteiger partial charge in [0, 0.05) is 32.3 Å². The van der Waals surface area contributed by atoms with Crippen LogP contribution in [-0.2, 0) is 18.2 Å². The van der Waals surface area contributed by atoms with Crippen molar-refractivity contribution in [1.82, 2.24) is 9.47 Å². The first-order valence-electron chi connectivity index (χ1n) is 9.65. The van der Waals surface area contributed by atoms with Gasteiger partial charge in [0.05, 0.1) is 24.7 Å². The number of hydrogen-bond donors (Lipinski definition) is 0. The van der Waals surface area contributed by atoms with Crippen molar-refractivity contribution >= 4 is 11.9 Å². The summed E-state index contributed by atoms with van der Waals surface area (Å²) in [6.07, 6.45) is 5.83. The number of piperidine rings is 1. The monoisotopic (exact) mass is 379 g/mol. The van der Waals surface area contributed by atoms with Crippen LogP contribution in [0.5, 0.6) is 0 Å². The lowest BCUT2D eigenvalue weighted by atomic mass is 9.99. The predicted molar refractivity (Wildman–Crippen MR) is 105 cm³/mol. The molecule has 1 aromatic heterocycles. The van der Waals surface area contributed by atoms with Crippen LogP contribution in [0, 0.1) is 11.3 Å². The number of ether oxygens (including phenoxy) is 1. The molecule has 1 saturated heterocycles. The van der Waals surface area contributed by atoms with Gasteiger partial charge in [-0.15, -0.1) is 0 Å². The van der Waals surface area contributed by atoms with Crippen LogP contribution in [0.1, 0.15) is 52.1 Å². The molecule has 0 saturated carbocycles. The molecule has 146 valence electrons. The molecule has 0 spiro atoms. The van der Waals surface area contributed by atoms with Crippen molar-refractivity contribution in [3.8, 4) is 6.07 Å². The molecular weight excluding hydrogens is 354 g/mol. The zero-order chi connectivity index (χ0) is 19.9. The second-order valence-corrected chi connectivity index (χ2v) is 7.11. The van der Waals surface area contributed by atoms with Crippen molar-refractivity contribution in [2.45, 2.75) is 38.1 Å². The zero-order valence-electron chi connectivity index (χ0n) is 16.1. The lowest BCUT2D eigenvalue weighted by molar-refractivity contribution is 0.0406. The molecule has 1 amide bonds. The second-order valence-electron chi connectivity index (χ2n) is 7.11. The normalized spacial score (nSPS) is 16.4. The molecule has 6 nitrogen and oxygen atoms in total. The van der Waals surface area contributed by atoms with E-state index >= 15 is 0 Å². The van der Waals surface area contributed by atoms with E-state index < -0.39 is 0 Å². The number of amides is 1. The number of nitriles is 1. The van der Waals surface area contributed by atoms with E-state index in [9.17, 15) is 9.59 Å². The summed E-state index contributed by atoms with van der Waals surface area (Å²) in [5.74, 6) is -0.337. The Morgan fingerprint density at radius 3 is 2.68 bits per heavy atom. The molecule has 0 radical (unpaired) electrons. The Morgan fingerprint density at radius 1 is 1.21 bits per heavy atom. The van der Waals surface area contributed by atoms with E-state index in [-0.39, 0.29) is 24.5 Å². The maximum atomic E-state index is 12.9. The lowest BCUT2D eigenvalue weighted by Crippen LogP contribution is -2.44. The van der Waals surface area contributed by atoms with E-state index in [0.717, 1.165) is 31.4 Å². The van der Waals surface area contributed by atoms with Gasteiger partial charge in [0.1, 0.15) is 5.69 Å². The summed E-state index contributed by atoms with van der Waals surface area (Å²) in [5, 5.41) is 8.70. The average molecular weight is 379 g/mol. The highest BCUT2D eigenvalue weighted by atomic mass is 16.5. The van der Waals surface area contributed by atoms with Crippen LogP contribution < -0.4 is 0 Å². The number of nitrogens with zero attached hydrogens (tertiary/aromatic N) is 3. The van der Waals surface area contributed by atoms with Crippen molar-refractivity contribution < 1.29 is 14.3 Å². The zero-order valence-corrected chi connectivity index (χ0v) is 16.1. The van der Waals surface area contributed by atoms with Crippen LogP contribution in [0.25, 0.3) is 0 Å². The van der Waals surface area contributed by atoms with Gasteiger partial charge in [-0.3, -0.25) is 4.79 Å². The minimum absolute atomic E-state index is 0.0385. The molecule has 1 fully saturated rings. The van der Waals surface area contributed by atoms with Crippen molar-refractivity contribution in [2.75, 3.05) is 13.2 Å². The van der Waals surface area contributed by atoms with E-state index in [2.05, 4.69) is 6.07 Å². The number of aryl methyl sites for hydroxylation is 1. The Bertz CT molecular complexity index is 864. The standard InChI is InChI=1S/C22H25N3O3/c1-24-14-4-6-20(24)21(26)25-15-3-2-5-19(25)12-16-28-22(27)18-9-7-17(8-10-18)11-13-23/h4,6-10,14,19H,2-3,5,11-12,15-16H2,1H3/t19-/m1/s1. The van der Waals surface area contributed by atoms with Crippen LogP contribution in [-0.4, -0.2) is 40.5 Å². The Morgan fingerprint density at radius 2 is 2.00 bits per heavy atom. The van der Waals surface area contributed by atoms with Crippen LogP contribution in [0.4, 0.5) is 0 Å². The first-order valence-corrected chi connectivity index (χ1v) is 9.65. The Balaban J connectivity index is 1.55. The third-order valence-electron chi connectivity index (χ3n) is 5.21. The number of carbonyl (C=O) groups excluding carboxylic acids is 2. The molecular formula is C22H25N3O3. The molecule has 2 aromatic rings. The molecule has 28 heavy (non-hydrogen) atoms. The van der Waals surface area contributed by atoms with Crippen LogP contribution in [0.3, 0.4) is 0 Å². The van der Waals surface area contributed by atoms with Gasteiger partial charge in [-0.2, -0.15) is 5.26 Å². The minimum atomic E-state index is -0.375. The fourth-order valence-corrected chi connectivity index (χ4v) is 3.62. The van der Waals surface area contributed by atoms with Crippen molar-refractivity contribution in [2.24, 2.45) is 7.05 Å². The number of esters is 1. The molecule has 0 bridgehead atoms. The van der Waals surface area contributed by atoms with Crippen molar-refractivity contribution in [3.63, 3.8) is 0 Å². The van der Waals surface area contributed by atoms with Gasteiger partial charge in [-0.1, -0.05) is 12.1 Å². The number of benzene rings is 1. The van der Waals surface area contributed by atoms with Gasteiger partial charge in [0.15, 0.2) is 0 Å². The third-order valence-corrected chi connectivity index (χ3v) is 5.21. The van der Waals surface area contributed by atoms with Crippen molar-refractivity contribution in [3.05, 3.63) is 59.4 Å². The van der Waals surface area contributed by atoms with E-state index in [0.29, 0.717) is 24.1 Å². The summed E-state index contributed by atoms with van der Waals surface area (Å²) in [4.78, 5) is 27.0. The molecule has 1 aliphatic rings. The molecule has 6 heteroatoms. The van der Waals surface area contributed by atoms with Gasteiger partial charge < -0.3 is 14.2 Å². The Hall–Kier alpha value is -3.07. The number of likely N-dealkylation sites (tertiary alicyclic amines) is 1. The van der Waals surface area contributed by atoms with E-state index in [4.69, 9.17) is 10.00 Å². The Kier molecular flexibility index (Phi) is 6.49. The molecule has 1 aliphatic heterocycles. The first-order chi connectivity index (χ1) is 13.6. The topological polar surface area (TPSA) is 75.3 Å². The summed E-state index contributed by atoms with van der Waals surface area (Å²) in [7, 11) is 1.87. The molecule has 0 aliphatic carbocycles. The summed E-state index contributed by atoms with van der Waals surface area (Å²) >= 11 is 0. The first kappa shape index (κ1) is 19.7. The molecule has 0 unspecified atom stereocenters.